The average molecular weight is 553 g/mol. The fraction of sp³-hybridized carbons (Fsp3) is 0.579. The second-order valence-electron chi connectivity index (χ2n) is 8.47. The van der Waals surface area contributed by atoms with Gasteiger partial charge in [-0.05, 0) is 24.4 Å². The summed E-state index contributed by atoms with van der Waals surface area (Å²) in [7, 11) is -4.82. The predicted octanol–water partition coefficient (Wildman–Crippen LogP) is -5.49. The molecule has 2 aliphatic heterocycles. The number of fused-ring (bicyclic) bond motifs is 1. The van der Waals surface area contributed by atoms with E-state index >= 15 is 0 Å². The van der Waals surface area contributed by atoms with Crippen LogP contribution in [-0.2, 0) is 36.2 Å². The minimum absolute atomic E-state index is 0. The van der Waals surface area contributed by atoms with Crippen molar-refractivity contribution < 1.29 is 72.9 Å². The van der Waals surface area contributed by atoms with Crippen LogP contribution in [-0.4, -0.2) is 71.8 Å². The topological polar surface area (TPSA) is 234 Å². The van der Waals surface area contributed by atoms with Crippen molar-refractivity contribution in [2.24, 2.45) is 0 Å². The number of anilines is 1. The maximum atomic E-state index is 12.7. The third-order valence-electron chi connectivity index (χ3n) is 6.07. The van der Waals surface area contributed by atoms with E-state index in [1.165, 1.54) is 19.2 Å². The van der Waals surface area contributed by atoms with Crippen LogP contribution in [0.25, 0.3) is 0 Å². The van der Waals surface area contributed by atoms with Crippen LogP contribution >= 0.6 is 7.82 Å². The van der Waals surface area contributed by atoms with Crippen LogP contribution in [0, 0.1) is 6.92 Å². The van der Waals surface area contributed by atoms with Gasteiger partial charge in [-0.3, -0.25) is 18.2 Å². The normalized spacial score (nSPS) is 26.8. The van der Waals surface area contributed by atoms with Gasteiger partial charge in [0.2, 0.25) is 0 Å². The molecular formula is C19H25N5NaO11P. The number of nitrogen functional groups attached to an aromatic ring is 1. The number of phosphoric acid groups is 1. The summed E-state index contributed by atoms with van der Waals surface area (Å²) < 4.78 is 36.4. The second kappa shape index (κ2) is 11.6. The molecular weight excluding hydrogens is 528 g/mol. The first-order valence-electron chi connectivity index (χ1n) is 10.8. The summed E-state index contributed by atoms with van der Waals surface area (Å²) in [4.78, 5) is 41.4. The number of hydrogen-bond donors (Lipinski definition) is 4. The van der Waals surface area contributed by atoms with Crippen LogP contribution in [0.3, 0.4) is 0 Å². The molecule has 18 heteroatoms. The molecule has 2 aliphatic rings. The van der Waals surface area contributed by atoms with Crippen molar-refractivity contribution >= 4 is 13.6 Å². The minimum atomic E-state index is -4.82. The van der Waals surface area contributed by atoms with Crippen molar-refractivity contribution in [1.82, 2.24) is 19.1 Å². The molecule has 5 N–H and O–H groups in total. The molecule has 0 bridgehead atoms. The van der Waals surface area contributed by atoms with Gasteiger partial charge in [-0.1, -0.05) is 0 Å². The van der Waals surface area contributed by atoms with E-state index in [1.54, 1.807) is 0 Å². The summed E-state index contributed by atoms with van der Waals surface area (Å²) in [6, 6.07) is 1.37. The van der Waals surface area contributed by atoms with E-state index in [0.717, 1.165) is 9.13 Å². The molecule has 0 aliphatic carbocycles. The van der Waals surface area contributed by atoms with Crippen molar-refractivity contribution in [2.45, 2.75) is 50.5 Å². The molecule has 16 nitrogen and oxygen atoms in total. The molecule has 0 spiro atoms. The molecule has 0 amide bonds. The molecule has 0 aromatic carbocycles. The van der Waals surface area contributed by atoms with Gasteiger partial charge >= 0.3 is 48.8 Å². The Morgan fingerprint density at radius 3 is 2.70 bits per heavy atom. The summed E-state index contributed by atoms with van der Waals surface area (Å²) in [5.41, 5.74) is 2.82. The van der Waals surface area contributed by atoms with Crippen LogP contribution in [0.15, 0.2) is 21.9 Å². The molecule has 1 saturated heterocycles. The van der Waals surface area contributed by atoms with Gasteiger partial charge in [0.25, 0.3) is 0 Å². The molecule has 198 valence electrons. The predicted molar refractivity (Wildman–Crippen MR) is 116 cm³/mol. The van der Waals surface area contributed by atoms with E-state index < -0.39 is 68.9 Å². The Morgan fingerprint density at radius 2 is 2.05 bits per heavy atom. The number of aromatic nitrogens is 4. The number of phosphoric ester groups is 1. The smallest absolute Gasteiger partial charge is 0.858 e. The molecule has 2 aromatic rings. The fourth-order valence-electron chi connectivity index (χ4n) is 4.02. The molecule has 0 saturated carbocycles. The van der Waals surface area contributed by atoms with Crippen molar-refractivity contribution in [2.75, 3.05) is 25.6 Å². The first kappa shape index (κ1) is 29.9. The minimum Gasteiger partial charge on any atom is -0.858 e. The summed E-state index contributed by atoms with van der Waals surface area (Å²) >= 11 is 0. The molecule has 4 heterocycles. The van der Waals surface area contributed by atoms with Gasteiger partial charge in [-0.25, -0.2) is 19.1 Å². The Kier molecular flexibility index (Phi) is 9.35. The van der Waals surface area contributed by atoms with E-state index in [0.29, 0.717) is 0 Å². The maximum Gasteiger partial charge on any atom is 1.00 e. The zero-order chi connectivity index (χ0) is 26.3. The van der Waals surface area contributed by atoms with Crippen molar-refractivity contribution in [1.29, 1.82) is 0 Å². The Hall–Kier alpha value is -1.69. The number of nitrogens with two attached hydrogens (primary N) is 1. The van der Waals surface area contributed by atoms with Gasteiger partial charge < -0.3 is 35.4 Å². The molecule has 5 atom stereocenters. The van der Waals surface area contributed by atoms with Crippen LogP contribution in [0.1, 0.15) is 23.9 Å². The Morgan fingerprint density at radius 1 is 1.32 bits per heavy atom. The van der Waals surface area contributed by atoms with E-state index in [4.69, 9.17) is 24.3 Å². The number of hydrogen-bond acceptors (Lipinski definition) is 13. The van der Waals surface area contributed by atoms with E-state index in [-0.39, 0.29) is 66.2 Å². The third kappa shape index (κ3) is 6.32. The van der Waals surface area contributed by atoms with Gasteiger partial charge in [0.1, 0.15) is 36.6 Å². The molecule has 1 fully saturated rings. The third-order valence-corrected chi connectivity index (χ3v) is 7.06. The van der Waals surface area contributed by atoms with Gasteiger partial charge in [0.05, 0.1) is 19.8 Å². The number of ether oxygens (including phenoxy) is 2. The summed E-state index contributed by atoms with van der Waals surface area (Å²) in [5.74, 6) is -0.722. The van der Waals surface area contributed by atoms with Crippen LogP contribution in [0.4, 0.5) is 5.82 Å². The number of aliphatic hydroxyl groups is 2. The molecule has 4 rings (SSSR count). The quantitative estimate of drug-likeness (QED) is 0.176. The molecule has 1 unspecified atom stereocenters. The maximum absolute atomic E-state index is 12.7. The first-order chi connectivity index (χ1) is 17.0. The summed E-state index contributed by atoms with van der Waals surface area (Å²) in [6.07, 6.45) is -2.10. The van der Waals surface area contributed by atoms with Gasteiger partial charge in [-0.2, -0.15) is 4.98 Å². The van der Waals surface area contributed by atoms with Crippen molar-refractivity contribution in [3.8, 4) is 5.88 Å². The van der Waals surface area contributed by atoms with Crippen molar-refractivity contribution in [3.63, 3.8) is 0 Å². The largest absolute Gasteiger partial charge is 1.00 e. The SMILES string of the molecule is Cc1c([O-])nc(=O)n2c1C[C@@](CO)(COP(=O)(O)O[C@H]1C[C@H](n3ccc(N)nc3=O)O[C@@H]1CO)OC2.[Na+]. The van der Waals surface area contributed by atoms with Crippen LogP contribution in [0.5, 0.6) is 5.88 Å². The van der Waals surface area contributed by atoms with Gasteiger partial charge in [0, 0.05) is 24.7 Å². The number of rotatable bonds is 8. The number of nitrogens with zero attached hydrogens (tertiary/aromatic N) is 4. The molecule has 2 aromatic heterocycles. The van der Waals surface area contributed by atoms with E-state index in [9.17, 15) is 34.4 Å². The zero-order valence-electron chi connectivity index (χ0n) is 20.1. The second-order valence-corrected chi connectivity index (χ2v) is 9.87. The Balaban J connectivity index is 0.00000380. The first-order valence-corrected chi connectivity index (χ1v) is 12.3. The van der Waals surface area contributed by atoms with E-state index in [1.807, 2.05) is 0 Å². The summed E-state index contributed by atoms with van der Waals surface area (Å²) in [6.45, 7) is -0.791. The molecule has 37 heavy (non-hydrogen) atoms. The number of aliphatic hydroxyl groups excluding tert-OH is 2. The monoisotopic (exact) mass is 553 g/mol. The zero-order valence-corrected chi connectivity index (χ0v) is 22.9. The van der Waals surface area contributed by atoms with Crippen LogP contribution in [0.2, 0.25) is 0 Å². The Bertz CT molecular complexity index is 1310. The molecule has 0 radical (unpaired) electrons. The standard InChI is InChI=1S/C19H26N5O11P.Na/c1-10-11-5-19(7-26,32-9-24(11)18(29)22-16(10)27)8-33-36(30,31)35-12-4-15(34-13(12)6-25)23-3-2-14(20)21-17(23)28;/h2-3,12-13,15,25-26H,4-9H2,1H3,(H,30,31)(H2,20,21,28)(H,22,27,29);/q;+1/p-1/t12-,13+,15+,19+;/m0./s1. The van der Waals surface area contributed by atoms with Crippen LogP contribution < -0.4 is 51.8 Å². The van der Waals surface area contributed by atoms with Gasteiger partial charge in [0.15, 0.2) is 0 Å². The summed E-state index contributed by atoms with van der Waals surface area (Å²) in [5, 5.41) is 31.5. The van der Waals surface area contributed by atoms with E-state index in [2.05, 4.69) is 9.97 Å². The average Bonchev–Trinajstić information content (AvgIpc) is 3.22. The fourth-order valence-corrected chi connectivity index (χ4v) is 5.05. The van der Waals surface area contributed by atoms with Gasteiger partial charge in [-0.15, -0.1) is 0 Å². The van der Waals surface area contributed by atoms with Crippen molar-refractivity contribution in [3.05, 3.63) is 44.5 Å². The Labute approximate surface area is 231 Å².